The third-order valence-corrected chi connectivity index (χ3v) is 6.74. The zero-order valence-corrected chi connectivity index (χ0v) is 21.9. The number of methoxy groups -OCH3 is 2. The third-order valence-electron chi connectivity index (χ3n) is 6.74. The molecular formula is C28H31N3O6. The van der Waals surface area contributed by atoms with Crippen LogP contribution in [0.1, 0.15) is 49.9 Å². The van der Waals surface area contributed by atoms with Crippen molar-refractivity contribution in [1.82, 2.24) is 9.13 Å². The number of fused-ring (bicyclic) bond motifs is 3. The minimum absolute atomic E-state index is 0.279. The number of rotatable bonds is 5. The van der Waals surface area contributed by atoms with E-state index in [1.54, 1.807) is 13.2 Å². The van der Waals surface area contributed by atoms with Gasteiger partial charge in [-0.25, -0.2) is 9.36 Å². The summed E-state index contributed by atoms with van der Waals surface area (Å²) >= 11 is 0. The molecular weight excluding hydrogens is 474 g/mol. The van der Waals surface area contributed by atoms with Gasteiger partial charge in [0.05, 0.1) is 37.4 Å². The second kappa shape index (κ2) is 8.54. The van der Waals surface area contributed by atoms with Gasteiger partial charge in [-0.05, 0) is 57.9 Å². The summed E-state index contributed by atoms with van der Waals surface area (Å²) in [4.78, 5) is 29.9. The van der Waals surface area contributed by atoms with Crippen molar-refractivity contribution in [2.24, 2.45) is 4.99 Å². The molecule has 0 aliphatic carbocycles. The van der Waals surface area contributed by atoms with Crippen LogP contribution in [0.25, 0.3) is 5.69 Å². The zero-order valence-electron chi connectivity index (χ0n) is 21.9. The number of carbonyl (C=O) groups excluding carboxylic acids is 1. The predicted octanol–water partition coefficient (Wildman–Crippen LogP) is 3.41. The lowest BCUT2D eigenvalue weighted by molar-refractivity contribution is -0.141. The summed E-state index contributed by atoms with van der Waals surface area (Å²) in [6.07, 6.45) is 2.67. The quantitative estimate of drug-likeness (QED) is 0.533. The third kappa shape index (κ3) is 4.28. The summed E-state index contributed by atoms with van der Waals surface area (Å²) in [5, 5.41) is 10.6. The van der Waals surface area contributed by atoms with Crippen LogP contribution in [0.5, 0.6) is 17.4 Å². The molecule has 3 heterocycles. The molecule has 2 aromatic carbocycles. The first-order chi connectivity index (χ1) is 17.4. The summed E-state index contributed by atoms with van der Waals surface area (Å²) in [6, 6.07) is 9.36. The Bertz CT molecular complexity index is 1510. The smallest absolute Gasteiger partial charge is 0.336 e. The van der Waals surface area contributed by atoms with Crippen molar-refractivity contribution in [3.63, 3.8) is 0 Å². The van der Waals surface area contributed by atoms with E-state index >= 15 is 0 Å². The first-order valence-corrected chi connectivity index (χ1v) is 12.1. The molecule has 1 aromatic heterocycles. The number of nitrogens with zero attached hydrogens (tertiary/aromatic N) is 3. The number of ether oxygens (including phenoxy) is 3. The molecule has 0 saturated carbocycles. The Kier molecular flexibility index (Phi) is 5.69. The van der Waals surface area contributed by atoms with E-state index in [9.17, 15) is 14.7 Å². The highest BCUT2D eigenvalue weighted by Crippen LogP contribution is 2.47. The highest BCUT2D eigenvalue weighted by molar-refractivity contribution is 6.16. The second-order valence-corrected chi connectivity index (χ2v) is 10.8. The number of benzene rings is 2. The minimum Gasteiger partial charge on any atom is -0.493 e. The summed E-state index contributed by atoms with van der Waals surface area (Å²) in [5.41, 5.74) is 3.97. The number of imidazole rings is 1. The molecule has 1 N–H and O–H groups in total. The highest BCUT2D eigenvalue weighted by Gasteiger charge is 2.39. The fourth-order valence-corrected chi connectivity index (χ4v) is 5.26. The molecule has 0 amide bonds. The molecule has 0 fully saturated rings. The van der Waals surface area contributed by atoms with E-state index < -0.39 is 11.7 Å². The van der Waals surface area contributed by atoms with Crippen LogP contribution < -0.4 is 15.2 Å². The topological polar surface area (TPSA) is 104 Å². The van der Waals surface area contributed by atoms with Crippen LogP contribution in [0.3, 0.4) is 0 Å². The van der Waals surface area contributed by atoms with Crippen molar-refractivity contribution in [2.75, 3.05) is 14.2 Å². The van der Waals surface area contributed by atoms with Crippen molar-refractivity contribution >= 4 is 11.7 Å². The van der Waals surface area contributed by atoms with Gasteiger partial charge in [0.25, 0.3) is 0 Å². The van der Waals surface area contributed by atoms with E-state index in [0.717, 1.165) is 49.3 Å². The van der Waals surface area contributed by atoms with Gasteiger partial charge in [0, 0.05) is 23.1 Å². The fraction of sp³-hybridized carbons (Fsp3) is 0.393. The number of aromatic nitrogens is 2. The van der Waals surface area contributed by atoms with E-state index in [2.05, 4.69) is 32.4 Å². The summed E-state index contributed by atoms with van der Waals surface area (Å²) in [7, 11) is 2.90. The van der Waals surface area contributed by atoms with Crippen molar-refractivity contribution in [3.05, 3.63) is 69.3 Å². The molecule has 37 heavy (non-hydrogen) atoms. The minimum atomic E-state index is -0.585. The number of carbonyl (C=O) groups is 1. The average Bonchev–Trinajstić information content (AvgIpc) is 3.30. The molecule has 0 saturated heterocycles. The second-order valence-electron chi connectivity index (χ2n) is 10.8. The number of esters is 1. The van der Waals surface area contributed by atoms with E-state index in [-0.39, 0.29) is 23.6 Å². The number of aromatic hydroxyl groups is 1. The Balaban J connectivity index is 1.66. The summed E-state index contributed by atoms with van der Waals surface area (Å²) in [6.45, 7) is 7.98. The van der Waals surface area contributed by atoms with Crippen LogP contribution >= 0.6 is 0 Å². The van der Waals surface area contributed by atoms with E-state index in [4.69, 9.17) is 14.5 Å². The maximum absolute atomic E-state index is 13.0. The van der Waals surface area contributed by atoms with Crippen LogP contribution in [-0.4, -0.2) is 51.3 Å². The van der Waals surface area contributed by atoms with E-state index in [1.807, 2.05) is 24.3 Å². The Morgan fingerprint density at radius 3 is 2.62 bits per heavy atom. The molecule has 0 radical (unpaired) electrons. The first kappa shape index (κ1) is 24.7. The highest BCUT2D eigenvalue weighted by atomic mass is 16.5. The standard InChI is InChI=1S/C28H31N3O6/c1-27(2)12-17-11-20(35-5)25-19(13-28(3,4)37-25)23(17)24(29-27)16-8-7-9-18(10-16)31-21(32)14-30(26(31)34)15-22(33)36-6/h7-11,14,32H,12-13,15H2,1-6H3. The monoisotopic (exact) mass is 505 g/mol. The lowest BCUT2D eigenvalue weighted by Gasteiger charge is -2.31. The van der Waals surface area contributed by atoms with Gasteiger partial charge < -0.3 is 19.3 Å². The van der Waals surface area contributed by atoms with Crippen LogP contribution in [0.15, 0.2) is 46.3 Å². The zero-order chi connectivity index (χ0) is 26.7. The molecule has 0 atom stereocenters. The van der Waals surface area contributed by atoms with Gasteiger partial charge in [-0.15, -0.1) is 0 Å². The Morgan fingerprint density at radius 2 is 1.92 bits per heavy atom. The molecule has 2 aliphatic heterocycles. The van der Waals surface area contributed by atoms with Crippen LogP contribution in [0.4, 0.5) is 0 Å². The average molecular weight is 506 g/mol. The Morgan fingerprint density at radius 1 is 1.16 bits per heavy atom. The lowest BCUT2D eigenvalue weighted by Crippen LogP contribution is -2.31. The largest absolute Gasteiger partial charge is 0.493 e. The van der Waals surface area contributed by atoms with Crippen LogP contribution in [0.2, 0.25) is 0 Å². The van der Waals surface area contributed by atoms with Gasteiger partial charge in [-0.1, -0.05) is 12.1 Å². The van der Waals surface area contributed by atoms with Crippen molar-refractivity contribution < 1.29 is 24.1 Å². The van der Waals surface area contributed by atoms with Gasteiger partial charge in [0.1, 0.15) is 12.1 Å². The lowest BCUT2D eigenvalue weighted by atomic mass is 9.81. The summed E-state index contributed by atoms with van der Waals surface area (Å²) in [5.74, 6) is 0.591. The number of hydrogen-bond acceptors (Lipinski definition) is 7. The van der Waals surface area contributed by atoms with Gasteiger partial charge in [-0.2, -0.15) is 0 Å². The molecule has 194 valence electrons. The van der Waals surface area contributed by atoms with Crippen LogP contribution in [0, 0.1) is 0 Å². The molecule has 0 unspecified atom stereocenters. The fourth-order valence-electron chi connectivity index (χ4n) is 5.26. The van der Waals surface area contributed by atoms with Gasteiger partial charge >= 0.3 is 11.7 Å². The Hall–Kier alpha value is -4.01. The molecule has 3 aromatic rings. The van der Waals surface area contributed by atoms with Crippen LogP contribution in [-0.2, 0) is 28.9 Å². The van der Waals surface area contributed by atoms with Gasteiger partial charge in [-0.3, -0.25) is 14.4 Å². The SMILES string of the molecule is COC(=O)Cn1cc(O)n(-c2cccc(C3=NC(C)(C)Cc4cc(OC)c5c(c43)CC(C)(C)O5)c2)c1=O. The molecule has 2 aliphatic rings. The van der Waals surface area contributed by atoms with Crippen molar-refractivity contribution in [1.29, 1.82) is 0 Å². The molecule has 9 heteroatoms. The number of aliphatic imine (C=N–C) groups is 1. The van der Waals surface area contributed by atoms with E-state index in [0.29, 0.717) is 17.9 Å². The predicted molar refractivity (Wildman–Crippen MR) is 139 cm³/mol. The molecule has 5 rings (SSSR count). The number of hydrogen-bond donors (Lipinski definition) is 1. The Labute approximate surface area is 214 Å². The molecule has 0 bridgehead atoms. The first-order valence-electron chi connectivity index (χ1n) is 12.1. The van der Waals surface area contributed by atoms with Crippen molar-refractivity contribution in [3.8, 4) is 23.1 Å². The maximum Gasteiger partial charge on any atom is 0.336 e. The van der Waals surface area contributed by atoms with Crippen molar-refractivity contribution in [2.45, 2.75) is 58.2 Å². The molecule has 9 nitrogen and oxygen atoms in total. The normalized spacial score (nSPS) is 16.9. The van der Waals surface area contributed by atoms with Gasteiger partial charge in [0.2, 0.25) is 5.88 Å². The summed E-state index contributed by atoms with van der Waals surface area (Å²) < 4.78 is 18.9. The maximum atomic E-state index is 13.0. The molecule has 0 spiro atoms. The van der Waals surface area contributed by atoms with Gasteiger partial charge in [0.15, 0.2) is 11.5 Å². The van der Waals surface area contributed by atoms with E-state index in [1.165, 1.54) is 13.3 Å².